The highest BCUT2D eigenvalue weighted by molar-refractivity contribution is 5.90. The Labute approximate surface area is 118 Å². The predicted molar refractivity (Wildman–Crippen MR) is 73.3 cm³/mol. The van der Waals surface area contributed by atoms with Gasteiger partial charge in [0.1, 0.15) is 17.6 Å². The highest BCUT2D eigenvalue weighted by atomic mass is 16.6. The smallest absolute Gasteiger partial charge is 0.169 e. The summed E-state index contributed by atoms with van der Waals surface area (Å²) in [7, 11) is 1.60. The maximum atomic E-state index is 11.5. The topological polar surface area (TPSA) is 54.0 Å². The first-order valence-corrected chi connectivity index (χ1v) is 6.77. The third-order valence-electron chi connectivity index (χ3n) is 3.05. The third-order valence-corrected chi connectivity index (χ3v) is 3.05. The van der Waals surface area contributed by atoms with Crippen molar-refractivity contribution in [3.8, 4) is 11.5 Å². The van der Waals surface area contributed by atoms with Crippen molar-refractivity contribution < 1.29 is 23.7 Å². The molecular formula is C15H20O5. The van der Waals surface area contributed by atoms with E-state index in [1.54, 1.807) is 7.11 Å². The second-order valence-electron chi connectivity index (χ2n) is 4.52. The largest absolute Gasteiger partial charge is 0.494 e. The molecule has 5 heteroatoms. The van der Waals surface area contributed by atoms with E-state index >= 15 is 0 Å². The minimum Gasteiger partial charge on any atom is -0.494 e. The lowest BCUT2D eigenvalue weighted by molar-refractivity contribution is -0.156. The van der Waals surface area contributed by atoms with E-state index in [4.69, 9.17) is 18.9 Å². The van der Waals surface area contributed by atoms with Crippen LogP contribution in [0.25, 0.3) is 0 Å². The molecule has 1 saturated carbocycles. The number of carbonyl (C=O) groups is 1. The quantitative estimate of drug-likeness (QED) is 0.680. The molecule has 2 rings (SSSR count). The van der Waals surface area contributed by atoms with Gasteiger partial charge in [0.2, 0.25) is 0 Å². The minimum absolute atomic E-state index is 0.0760. The van der Waals surface area contributed by atoms with Gasteiger partial charge in [-0.25, -0.2) is 0 Å². The summed E-state index contributed by atoms with van der Waals surface area (Å²) < 4.78 is 21.6. The molecular weight excluding hydrogens is 260 g/mol. The summed E-state index contributed by atoms with van der Waals surface area (Å²) in [5, 5.41) is 0. The van der Waals surface area contributed by atoms with Gasteiger partial charge in [0.25, 0.3) is 0 Å². The van der Waals surface area contributed by atoms with Crippen molar-refractivity contribution in [2.45, 2.75) is 25.6 Å². The van der Waals surface area contributed by atoms with Crippen LogP contribution in [0.15, 0.2) is 24.3 Å². The fourth-order valence-electron chi connectivity index (χ4n) is 2.01. The minimum atomic E-state index is -0.485. The van der Waals surface area contributed by atoms with E-state index < -0.39 is 6.10 Å². The molecule has 0 aliphatic heterocycles. The van der Waals surface area contributed by atoms with E-state index in [0.29, 0.717) is 32.0 Å². The van der Waals surface area contributed by atoms with E-state index in [0.717, 1.165) is 5.75 Å². The summed E-state index contributed by atoms with van der Waals surface area (Å²) in [4.78, 5) is 11.5. The Morgan fingerprint density at radius 2 is 2.05 bits per heavy atom. The molecule has 0 heterocycles. The normalized spacial score (nSPS) is 21.4. The Kier molecular flexibility index (Phi) is 5.38. The predicted octanol–water partition coefficient (Wildman–Crippen LogP) is 1.84. The molecule has 2 unspecified atom stereocenters. The van der Waals surface area contributed by atoms with Crippen LogP contribution >= 0.6 is 0 Å². The molecule has 0 N–H and O–H groups in total. The lowest BCUT2D eigenvalue weighted by Gasteiger charge is -2.34. The number of rotatable bonds is 8. The van der Waals surface area contributed by atoms with Crippen molar-refractivity contribution in [3.63, 3.8) is 0 Å². The highest BCUT2D eigenvalue weighted by Gasteiger charge is 2.42. The molecule has 0 saturated heterocycles. The van der Waals surface area contributed by atoms with Gasteiger partial charge in [0.15, 0.2) is 11.9 Å². The monoisotopic (exact) mass is 280 g/mol. The van der Waals surface area contributed by atoms with Crippen molar-refractivity contribution >= 4 is 5.78 Å². The first-order chi connectivity index (χ1) is 9.74. The van der Waals surface area contributed by atoms with Crippen LogP contribution in [-0.2, 0) is 14.3 Å². The Hall–Kier alpha value is -1.59. The van der Waals surface area contributed by atoms with Gasteiger partial charge >= 0.3 is 0 Å². The molecule has 1 aromatic rings. The van der Waals surface area contributed by atoms with E-state index in [1.807, 2.05) is 31.2 Å². The van der Waals surface area contributed by atoms with Gasteiger partial charge < -0.3 is 18.9 Å². The third kappa shape index (κ3) is 3.71. The van der Waals surface area contributed by atoms with Gasteiger partial charge in [-0.2, -0.15) is 0 Å². The number of benzene rings is 1. The van der Waals surface area contributed by atoms with Crippen LogP contribution < -0.4 is 9.47 Å². The van der Waals surface area contributed by atoms with E-state index in [9.17, 15) is 4.79 Å². The summed E-state index contributed by atoms with van der Waals surface area (Å²) >= 11 is 0. The van der Waals surface area contributed by atoms with Crippen LogP contribution in [0.1, 0.15) is 13.3 Å². The van der Waals surface area contributed by atoms with Gasteiger partial charge in [-0.05, 0) is 19.1 Å². The summed E-state index contributed by atoms with van der Waals surface area (Å²) in [6.45, 7) is 3.40. The fourth-order valence-corrected chi connectivity index (χ4v) is 2.01. The van der Waals surface area contributed by atoms with Crippen molar-refractivity contribution in [1.29, 1.82) is 0 Å². The molecule has 0 aromatic heterocycles. The van der Waals surface area contributed by atoms with E-state index in [1.165, 1.54) is 0 Å². The van der Waals surface area contributed by atoms with E-state index in [-0.39, 0.29) is 11.9 Å². The van der Waals surface area contributed by atoms with Gasteiger partial charge in [-0.3, -0.25) is 4.79 Å². The first kappa shape index (κ1) is 14.8. The average Bonchev–Trinajstić information content (AvgIpc) is 2.44. The Morgan fingerprint density at radius 1 is 1.25 bits per heavy atom. The van der Waals surface area contributed by atoms with Crippen molar-refractivity contribution in [1.82, 2.24) is 0 Å². The molecule has 1 aromatic carbocycles. The molecule has 1 aliphatic rings. The zero-order chi connectivity index (χ0) is 14.4. The van der Waals surface area contributed by atoms with E-state index in [2.05, 4.69) is 0 Å². The molecule has 20 heavy (non-hydrogen) atoms. The van der Waals surface area contributed by atoms with Crippen molar-refractivity contribution in [2.75, 3.05) is 26.9 Å². The lowest BCUT2D eigenvalue weighted by atomic mass is 9.90. The molecule has 1 aliphatic carbocycles. The molecule has 2 atom stereocenters. The van der Waals surface area contributed by atoms with Gasteiger partial charge in [-0.1, -0.05) is 6.07 Å². The highest BCUT2D eigenvalue weighted by Crippen LogP contribution is 2.27. The standard InChI is InChI=1S/C15H20O5/c1-3-18-11-5-4-6-12(9-11)20-14-10-13(16)15(14)19-8-7-17-2/h4-6,9,14-15H,3,7-8,10H2,1-2H3. The number of ether oxygens (including phenoxy) is 4. The Balaban J connectivity index is 1.89. The molecule has 0 radical (unpaired) electrons. The van der Waals surface area contributed by atoms with Crippen LogP contribution in [0.5, 0.6) is 11.5 Å². The maximum Gasteiger partial charge on any atom is 0.169 e. The van der Waals surface area contributed by atoms with Crippen LogP contribution in [0.3, 0.4) is 0 Å². The zero-order valence-electron chi connectivity index (χ0n) is 11.8. The first-order valence-electron chi connectivity index (χ1n) is 6.77. The Morgan fingerprint density at radius 3 is 2.75 bits per heavy atom. The van der Waals surface area contributed by atoms with Gasteiger partial charge in [0, 0.05) is 19.6 Å². The van der Waals surface area contributed by atoms with Crippen molar-refractivity contribution in [2.24, 2.45) is 0 Å². The number of Topliss-reactive ketones (excluding diaryl/α,β-unsaturated/α-hetero) is 1. The number of carbonyl (C=O) groups excluding carboxylic acids is 1. The second kappa shape index (κ2) is 7.26. The summed E-state index contributed by atoms with van der Waals surface area (Å²) in [6.07, 6.45) is -0.326. The van der Waals surface area contributed by atoms with Crippen LogP contribution in [0, 0.1) is 0 Å². The molecule has 0 bridgehead atoms. The maximum absolute atomic E-state index is 11.5. The van der Waals surface area contributed by atoms with Crippen LogP contribution in [0.2, 0.25) is 0 Å². The summed E-state index contributed by atoms with van der Waals surface area (Å²) in [5.41, 5.74) is 0. The van der Waals surface area contributed by atoms with Crippen molar-refractivity contribution in [3.05, 3.63) is 24.3 Å². The number of hydrogen-bond donors (Lipinski definition) is 0. The van der Waals surface area contributed by atoms with Crippen LogP contribution in [0.4, 0.5) is 0 Å². The number of hydrogen-bond acceptors (Lipinski definition) is 5. The lowest BCUT2D eigenvalue weighted by Crippen LogP contribution is -2.52. The SMILES string of the molecule is CCOc1cccc(OC2CC(=O)C2OCCOC)c1. The summed E-state index contributed by atoms with van der Waals surface area (Å²) in [6, 6.07) is 7.40. The molecule has 0 amide bonds. The van der Waals surface area contributed by atoms with Crippen LogP contribution in [-0.4, -0.2) is 44.9 Å². The fraction of sp³-hybridized carbons (Fsp3) is 0.533. The number of ketones is 1. The molecule has 110 valence electrons. The second-order valence-corrected chi connectivity index (χ2v) is 4.52. The molecule has 0 spiro atoms. The molecule has 5 nitrogen and oxygen atoms in total. The zero-order valence-corrected chi connectivity index (χ0v) is 11.8. The molecule has 1 fully saturated rings. The number of methoxy groups -OCH3 is 1. The Bertz CT molecular complexity index is 446. The van der Waals surface area contributed by atoms with Gasteiger partial charge in [0.05, 0.1) is 19.8 Å². The summed E-state index contributed by atoms with van der Waals surface area (Å²) in [5.74, 6) is 1.52. The average molecular weight is 280 g/mol. The van der Waals surface area contributed by atoms with Gasteiger partial charge in [-0.15, -0.1) is 0 Å².